The van der Waals surface area contributed by atoms with E-state index in [-0.39, 0.29) is 42.0 Å². The van der Waals surface area contributed by atoms with Crippen LogP contribution in [0, 0.1) is 0 Å². The molecule has 2 aromatic rings. The fraction of sp³-hybridized carbons (Fsp3) is 0.455. The van der Waals surface area contributed by atoms with Gasteiger partial charge in [-0.1, -0.05) is 17.3 Å². The number of nitrogens with one attached hydrogen (secondary N) is 1. The van der Waals surface area contributed by atoms with E-state index in [4.69, 9.17) is 14.7 Å². The maximum atomic E-state index is 13.0. The molecule has 11 heteroatoms. The summed E-state index contributed by atoms with van der Waals surface area (Å²) < 4.78 is 26.1. The summed E-state index contributed by atoms with van der Waals surface area (Å²) in [5.41, 5.74) is 0.537. The number of ether oxygens (including phenoxy) is 1. The van der Waals surface area contributed by atoms with Crippen molar-refractivity contribution in [1.82, 2.24) is 9.97 Å². The first-order valence-electron chi connectivity index (χ1n) is 11.0. The highest BCUT2D eigenvalue weighted by molar-refractivity contribution is 8.25. The number of carbonyl (C=O) groups excluding carboxylic acids is 1. The highest BCUT2D eigenvalue weighted by atomic mass is 32.3. The van der Waals surface area contributed by atoms with Crippen LogP contribution in [0.15, 0.2) is 46.7 Å². The average Bonchev–Trinajstić information content (AvgIpc) is 3.57. The van der Waals surface area contributed by atoms with Crippen LogP contribution in [-0.4, -0.2) is 60.4 Å². The molecule has 2 saturated carbocycles. The third-order valence-electron chi connectivity index (χ3n) is 5.49. The number of aliphatic hydroxyl groups excluding tert-OH is 1. The molecular weight excluding hydrogens is 448 g/mol. The second-order valence-corrected chi connectivity index (χ2v) is 10.4. The predicted molar refractivity (Wildman–Crippen MR) is 124 cm³/mol. The van der Waals surface area contributed by atoms with Crippen LogP contribution in [0.1, 0.15) is 44.1 Å². The molecule has 0 saturated heterocycles. The molecule has 0 radical (unpaired) electrons. The summed E-state index contributed by atoms with van der Waals surface area (Å²) in [4.78, 5) is 27.3. The Bertz CT molecular complexity index is 973. The minimum atomic E-state index is -2.83. The van der Waals surface area contributed by atoms with Crippen molar-refractivity contribution in [2.75, 3.05) is 18.5 Å². The molecule has 0 atom stereocenters. The lowest BCUT2D eigenvalue weighted by molar-refractivity contribution is -0.110. The highest BCUT2D eigenvalue weighted by Crippen LogP contribution is 2.61. The smallest absolute Gasteiger partial charge is 0.279 e. The summed E-state index contributed by atoms with van der Waals surface area (Å²) in [5.74, 6) is -0.108. The summed E-state index contributed by atoms with van der Waals surface area (Å²) in [7, 11) is -2.83. The maximum Gasteiger partial charge on any atom is 0.279 e. The van der Waals surface area contributed by atoms with E-state index < -0.39 is 16.5 Å². The van der Waals surface area contributed by atoms with Gasteiger partial charge in [0.05, 0.1) is 29.1 Å². The Morgan fingerprint density at radius 3 is 2.42 bits per heavy atom. The van der Waals surface area contributed by atoms with Gasteiger partial charge in [0.1, 0.15) is 12.7 Å². The number of aliphatic hydroxyl groups is 1. The average molecular weight is 477 g/mol. The molecule has 0 bridgehead atoms. The van der Waals surface area contributed by atoms with E-state index in [2.05, 4.69) is 20.4 Å². The zero-order valence-electron chi connectivity index (χ0n) is 18.1. The molecule has 4 N–H and O–H groups in total. The van der Waals surface area contributed by atoms with E-state index in [9.17, 15) is 13.9 Å². The van der Waals surface area contributed by atoms with Gasteiger partial charge in [0.25, 0.3) is 5.91 Å². The van der Waals surface area contributed by atoms with Crippen molar-refractivity contribution in [3.8, 4) is 5.88 Å². The van der Waals surface area contributed by atoms with Gasteiger partial charge >= 0.3 is 0 Å². The topological polar surface area (TPSA) is 146 Å². The molecule has 2 aliphatic rings. The number of nitrogens with zero attached hydrogens (tertiary/aromatic N) is 3. The fourth-order valence-corrected chi connectivity index (χ4v) is 5.24. The molecule has 2 fully saturated rings. The number of amides is 1. The van der Waals surface area contributed by atoms with Gasteiger partial charge in [-0.05, 0) is 50.7 Å². The normalized spacial score (nSPS) is 17.6. The number of rotatable bonds is 10. The summed E-state index contributed by atoms with van der Waals surface area (Å²) in [5, 5.41) is 15.5. The van der Waals surface area contributed by atoms with Crippen LogP contribution in [0.3, 0.4) is 0 Å². The Hall–Kier alpha value is -2.73. The minimum absolute atomic E-state index is 0.0309. The summed E-state index contributed by atoms with van der Waals surface area (Å²) in [6.45, 7) is -0.0489. The van der Waals surface area contributed by atoms with Gasteiger partial charge in [0.2, 0.25) is 5.88 Å². The number of benzene rings is 1. The quantitative estimate of drug-likeness (QED) is 0.301. The largest absolute Gasteiger partial charge is 0.474 e. The second kappa shape index (κ2) is 10.5. The molecule has 1 heterocycles. The Balaban J connectivity index is 1.51. The Labute approximate surface area is 193 Å². The molecule has 0 aliphatic heterocycles. The first-order valence-corrected chi connectivity index (χ1v) is 12.6. The van der Waals surface area contributed by atoms with Gasteiger partial charge in [0, 0.05) is 5.56 Å². The number of oxime groups is 1. The lowest BCUT2D eigenvalue weighted by atomic mass is 10.1. The van der Waals surface area contributed by atoms with Crippen molar-refractivity contribution < 1.29 is 28.6 Å². The maximum absolute atomic E-state index is 13.0. The van der Waals surface area contributed by atoms with Gasteiger partial charge in [-0.2, -0.15) is 10.6 Å². The Morgan fingerprint density at radius 1 is 1.09 bits per heavy atom. The van der Waals surface area contributed by atoms with Crippen molar-refractivity contribution in [1.29, 1.82) is 0 Å². The minimum Gasteiger partial charge on any atom is -0.474 e. The van der Waals surface area contributed by atoms with E-state index in [0.29, 0.717) is 10.5 Å². The molecule has 1 aromatic heterocycles. The highest BCUT2D eigenvalue weighted by Gasteiger charge is 2.37. The van der Waals surface area contributed by atoms with Crippen molar-refractivity contribution in [3.63, 3.8) is 0 Å². The molecule has 1 amide bonds. The van der Waals surface area contributed by atoms with E-state index in [1.165, 1.54) is 12.4 Å². The van der Waals surface area contributed by atoms with E-state index in [1.54, 1.807) is 24.3 Å². The first-order chi connectivity index (χ1) is 16.0. The fourth-order valence-electron chi connectivity index (χ4n) is 3.53. The number of aromatic nitrogens is 2. The zero-order valence-corrected chi connectivity index (χ0v) is 18.9. The molecule has 33 heavy (non-hydrogen) atoms. The Morgan fingerprint density at radius 2 is 1.82 bits per heavy atom. The third-order valence-corrected chi connectivity index (χ3v) is 7.85. The number of carbonyl (C=O) groups is 1. The summed E-state index contributed by atoms with van der Waals surface area (Å²) >= 11 is 0. The van der Waals surface area contributed by atoms with Gasteiger partial charge < -0.3 is 20.0 Å². The van der Waals surface area contributed by atoms with Crippen LogP contribution in [0.2, 0.25) is 0 Å². The lowest BCUT2D eigenvalue weighted by Gasteiger charge is -2.32. The van der Waals surface area contributed by atoms with Crippen molar-refractivity contribution in [2.24, 2.45) is 5.16 Å². The summed E-state index contributed by atoms with van der Waals surface area (Å²) in [6.07, 6.45) is 8.17. The molecule has 1 aromatic carbocycles. The number of anilines is 1. The van der Waals surface area contributed by atoms with Gasteiger partial charge in [-0.3, -0.25) is 13.9 Å². The standard InChI is InChI=1S/C22H28N4O6S/c27-11-12-31-20-14-23-19(13-24-20)25-22(28)21(26-32-16-3-1-2-4-16)15-5-7-17(8-6-15)33(29,30)18-9-10-18/h5-8,13-14,16,18,27,29-30H,1-4,9-12H2,(H,23,25,28). The molecule has 178 valence electrons. The predicted octanol–water partition coefficient (Wildman–Crippen LogP) is 3.42. The van der Waals surface area contributed by atoms with Crippen LogP contribution >= 0.6 is 10.6 Å². The number of hydrogen-bond acceptors (Lipinski definition) is 9. The third kappa shape index (κ3) is 5.99. The van der Waals surface area contributed by atoms with E-state index in [0.717, 1.165) is 38.5 Å². The molecule has 0 unspecified atom stereocenters. The zero-order chi connectivity index (χ0) is 23.3. The first kappa shape index (κ1) is 23.4. The molecule has 2 aliphatic carbocycles. The van der Waals surface area contributed by atoms with Gasteiger partial charge in [-0.15, -0.1) is 0 Å². The Kier molecular flexibility index (Phi) is 7.43. The van der Waals surface area contributed by atoms with Crippen molar-refractivity contribution in [3.05, 3.63) is 42.2 Å². The van der Waals surface area contributed by atoms with Gasteiger partial charge in [-0.25, -0.2) is 9.97 Å². The lowest BCUT2D eigenvalue weighted by Crippen LogP contribution is -2.25. The van der Waals surface area contributed by atoms with Crippen LogP contribution in [0.25, 0.3) is 0 Å². The number of hydrogen-bond donors (Lipinski definition) is 4. The van der Waals surface area contributed by atoms with Crippen LogP contribution < -0.4 is 10.1 Å². The van der Waals surface area contributed by atoms with Crippen molar-refractivity contribution >= 4 is 28.0 Å². The molecular formula is C22H28N4O6S. The van der Waals surface area contributed by atoms with E-state index in [1.807, 2.05) is 0 Å². The SMILES string of the molecule is O=C(Nc1cnc(OCCO)cn1)C(=NOC1CCCC1)c1ccc(S(O)(O)C2CC2)cc1. The van der Waals surface area contributed by atoms with Gasteiger partial charge in [0.15, 0.2) is 11.5 Å². The monoisotopic (exact) mass is 476 g/mol. The molecule has 0 spiro atoms. The van der Waals surface area contributed by atoms with Crippen LogP contribution in [0.4, 0.5) is 5.82 Å². The van der Waals surface area contributed by atoms with Crippen molar-refractivity contribution in [2.45, 2.75) is 54.8 Å². The molecule has 4 rings (SSSR count). The second-order valence-electron chi connectivity index (χ2n) is 8.03. The van der Waals surface area contributed by atoms with E-state index >= 15 is 0 Å². The summed E-state index contributed by atoms with van der Waals surface area (Å²) in [6, 6.07) is 6.52. The molecule has 10 nitrogen and oxygen atoms in total. The van der Waals surface area contributed by atoms with Crippen LogP contribution in [-0.2, 0) is 9.63 Å². The van der Waals surface area contributed by atoms with Crippen LogP contribution in [0.5, 0.6) is 5.88 Å².